The summed E-state index contributed by atoms with van der Waals surface area (Å²) in [4.78, 5) is 86.9. The third kappa shape index (κ3) is 13.5. The fraction of sp³-hybridized carbons (Fsp3) is 0.317. The average molecular weight is 823 g/mol. The molecule has 0 unspecified atom stereocenters. The smallest absolute Gasteiger partial charge is 0.333 e. The molecule has 4 atom stereocenters. The van der Waals surface area contributed by atoms with Crippen LogP contribution in [0.25, 0.3) is 10.9 Å². The highest BCUT2D eigenvalue weighted by Crippen LogP contribution is 2.19. The van der Waals surface area contributed by atoms with E-state index in [0.717, 1.165) is 22.0 Å². The van der Waals surface area contributed by atoms with Gasteiger partial charge in [0.25, 0.3) is 5.69 Å². The van der Waals surface area contributed by atoms with Crippen LogP contribution in [0.3, 0.4) is 0 Å². The molecule has 0 bridgehead atoms. The molecule has 5 aromatic rings. The number of H-pyrrole nitrogens is 2. The van der Waals surface area contributed by atoms with Crippen molar-refractivity contribution < 1.29 is 28.9 Å². The highest BCUT2D eigenvalue weighted by atomic mass is 16.6. The zero-order valence-electron chi connectivity index (χ0n) is 33.0. The van der Waals surface area contributed by atoms with E-state index in [4.69, 9.17) is 5.73 Å². The van der Waals surface area contributed by atoms with E-state index in [0.29, 0.717) is 37.2 Å². The number of amides is 6. The number of nitrogens with two attached hydrogens (primary N) is 1. The summed E-state index contributed by atoms with van der Waals surface area (Å²) in [5, 5.41) is 25.8. The van der Waals surface area contributed by atoms with E-state index in [9.17, 15) is 34.1 Å². The van der Waals surface area contributed by atoms with Crippen LogP contribution >= 0.6 is 0 Å². The van der Waals surface area contributed by atoms with Gasteiger partial charge in [0.15, 0.2) is 0 Å². The Bertz CT molecular complexity index is 2200. The third-order valence-corrected chi connectivity index (χ3v) is 9.58. The first-order valence-corrected chi connectivity index (χ1v) is 19.5. The quantitative estimate of drug-likeness (QED) is 0.0276. The van der Waals surface area contributed by atoms with Crippen molar-refractivity contribution in [2.45, 2.75) is 69.6 Å². The molecule has 3 aromatic carbocycles. The van der Waals surface area contributed by atoms with Crippen LogP contribution in [0.2, 0.25) is 0 Å². The normalized spacial score (nSPS) is 13.0. The van der Waals surface area contributed by atoms with Crippen LogP contribution in [0.4, 0.5) is 16.2 Å². The van der Waals surface area contributed by atoms with Crippen molar-refractivity contribution in [3.8, 4) is 0 Å². The largest absolute Gasteiger partial charge is 0.361 e. The number of aromatic amines is 2. The van der Waals surface area contributed by atoms with Crippen molar-refractivity contribution in [2.75, 3.05) is 18.4 Å². The average Bonchev–Trinajstić information content (AvgIpc) is 3.91. The van der Waals surface area contributed by atoms with Crippen molar-refractivity contribution in [3.05, 3.63) is 125 Å². The Balaban J connectivity index is 1.26. The van der Waals surface area contributed by atoms with E-state index in [1.807, 2.05) is 60.8 Å². The molecule has 19 nitrogen and oxygen atoms in total. The summed E-state index contributed by atoms with van der Waals surface area (Å²) in [5.41, 5.74) is 15.0. The lowest BCUT2D eigenvalue weighted by Gasteiger charge is -2.26. The molecule has 0 radical (unpaired) electrons. The number of rotatable bonds is 22. The van der Waals surface area contributed by atoms with Crippen LogP contribution < -0.4 is 43.2 Å². The molecule has 0 aliphatic carbocycles. The molecule has 60 heavy (non-hydrogen) atoms. The number of fused-ring (bicyclic) bond motifs is 1. The van der Waals surface area contributed by atoms with Crippen LogP contribution in [0, 0.1) is 10.1 Å². The Morgan fingerprint density at radius 2 is 1.47 bits per heavy atom. The van der Waals surface area contributed by atoms with Gasteiger partial charge < -0.3 is 42.3 Å². The van der Waals surface area contributed by atoms with E-state index in [-0.39, 0.29) is 31.5 Å². The molecule has 0 saturated carbocycles. The Hall–Kier alpha value is -7.12. The number of nitro groups is 1. The van der Waals surface area contributed by atoms with Gasteiger partial charge in [-0.15, -0.1) is 0 Å². The molecule has 19 heteroatoms. The number of hydrogen-bond donors (Lipinski definition) is 10. The molecule has 0 saturated heterocycles. The number of unbranched alkanes of at least 4 members (excludes halogenated alkanes) is 1. The molecule has 316 valence electrons. The molecule has 0 aliphatic heterocycles. The van der Waals surface area contributed by atoms with E-state index >= 15 is 0 Å². The van der Waals surface area contributed by atoms with Crippen molar-refractivity contribution >= 4 is 51.9 Å². The fourth-order valence-corrected chi connectivity index (χ4v) is 6.54. The second-order valence-corrected chi connectivity index (χ2v) is 14.2. The maximum Gasteiger partial charge on any atom is 0.333 e. The fourth-order valence-electron chi connectivity index (χ4n) is 6.54. The number of imidazole rings is 1. The number of anilines is 1. The molecule has 5 rings (SSSR count). The summed E-state index contributed by atoms with van der Waals surface area (Å²) >= 11 is 0. The number of hydrogen-bond acceptors (Lipinski definition) is 10. The predicted molar refractivity (Wildman–Crippen MR) is 224 cm³/mol. The standard InChI is InChI=1S/C41H50N12O7/c1-26(54)47-37(21-31-24-43-25-45-31)40(57)51-36(19-27-9-3-2-4-10-27)39(56)50-35(38(55)48-30(22-42)20-28-23-44-34-12-6-5-11-33(28)34)13-7-8-18-46-52-41(58)49-29-14-16-32(17-15-29)53(59)60/h2-6,9-12,14-17,23-25,30,35-37,44,46H,7-8,13,18-22,42H2,1H3,(H,43,45)(H,47,54)(H,48,55)(H,50,56)(H,51,57)(H2,49,52,58)/t30-,35-,36+,37-/m0/s1. The van der Waals surface area contributed by atoms with Crippen molar-refractivity contribution in [3.63, 3.8) is 0 Å². The lowest BCUT2D eigenvalue weighted by Crippen LogP contribution is -2.58. The summed E-state index contributed by atoms with van der Waals surface area (Å²) < 4.78 is 0. The van der Waals surface area contributed by atoms with Gasteiger partial charge in [-0.1, -0.05) is 48.5 Å². The SMILES string of the molecule is CC(=O)N[C@@H](Cc1cnc[nH]1)C(=O)N[C@H](Cc1ccccc1)C(=O)N[C@@H](CCCCNNC(=O)Nc1ccc([N+](=O)[O-])cc1)C(=O)N[C@H](CN)Cc1c[nH]c2ccccc12. The highest BCUT2D eigenvalue weighted by Gasteiger charge is 2.31. The highest BCUT2D eigenvalue weighted by molar-refractivity contribution is 5.94. The lowest BCUT2D eigenvalue weighted by atomic mass is 10.0. The van der Waals surface area contributed by atoms with Crippen molar-refractivity contribution in [1.29, 1.82) is 0 Å². The molecule has 6 amide bonds. The zero-order valence-corrected chi connectivity index (χ0v) is 33.0. The van der Waals surface area contributed by atoms with Gasteiger partial charge in [-0.3, -0.25) is 34.7 Å². The molecule has 0 fully saturated rings. The number of nitrogens with zero attached hydrogens (tertiary/aromatic N) is 2. The Labute approximate surface area is 345 Å². The molecule has 2 heterocycles. The first-order valence-electron chi connectivity index (χ1n) is 19.5. The number of nitro benzene ring substituents is 1. The van der Waals surface area contributed by atoms with E-state index in [1.54, 1.807) is 0 Å². The number of carbonyl (C=O) groups excluding carboxylic acids is 5. The number of para-hydroxylation sites is 1. The second kappa shape index (κ2) is 22.1. The summed E-state index contributed by atoms with van der Waals surface area (Å²) in [6.45, 7) is 1.71. The number of aromatic nitrogens is 3. The molecular formula is C41H50N12O7. The van der Waals surface area contributed by atoms with Gasteiger partial charge in [0.05, 0.1) is 11.3 Å². The van der Waals surface area contributed by atoms with E-state index in [1.165, 1.54) is 43.7 Å². The topological polar surface area (TPSA) is 283 Å². The molecule has 0 spiro atoms. The summed E-state index contributed by atoms with van der Waals surface area (Å²) in [6.07, 6.45) is 6.58. The van der Waals surface area contributed by atoms with Gasteiger partial charge in [0.1, 0.15) is 18.1 Å². The number of carbonyl (C=O) groups is 5. The first-order chi connectivity index (χ1) is 29.0. The van der Waals surface area contributed by atoms with Crippen LogP contribution in [-0.4, -0.2) is 86.8 Å². The van der Waals surface area contributed by atoms with Crippen molar-refractivity contribution in [1.82, 2.24) is 47.1 Å². The maximum atomic E-state index is 14.2. The number of nitrogens with one attached hydrogen (secondary N) is 9. The van der Waals surface area contributed by atoms with Gasteiger partial charge in [-0.2, -0.15) is 0 Å². The van der Waals surface area contributed by atoms with Crippen LogP contribution in [0.5, 0.6) is 0 Å². The van der Waals surface area contributed by atoms with Gasteiger partial charge in [-0.05, 0) is 55.0 Å². The van der Waals surface area contributed by atoms with Gasteiger partial charge in [0.2, 0.25) is 23.6 Å². The predicted octanol–water partition coefficient (Wildman–Crippen LogP) is 2.24. The van der Waals surface area contributed by atoms with Crippen molar-refractivity contribution in [2.24, 2.45) is 5.73 Å². The number of hydrazine groups is 1. The minimum Gasteiger partial charge on any atom is -0.361 e. The molecule has 0 aliphatic rings. The summed E-state index contributed by atoms with van der Waals surface area (Å²) in [6, 6.07) is 18.0. The van der Waals surface area contributed by atoms with Crippen LogP contribution in [0.15, 0.2) is 97.6 Å². The third-order valence-electron chi connectivity index (χ3n) is 9.58. The lowest BCUT2D eigenvalue weighted by molar-refractivity contribution is -0.384. The van der Waals surface area contributed by atoms with Gasteiger partial charge >= 0.3 is 6.03 Å². The Kier molecular flexibility index (Phi) is 16.2. The number of benzene rings is 3. The zero-order chi connectivity index (χ0) is 42.9. The number of urea groups is 1. The van der Waals surface area contributed by atoms with Crippen LogP contribution in [-0.2, 0) is 38.4 Å². The van der Waals surface area contributed by atoms with E-state index in [2.05, 4.69) is 52.4 Å². The minimum atomic E-state index is -1.13. The maximum absolute atomic E-state index is 14.2. The Morgan fingerprint density at radius 3 is 2.15 bits per heavy atom. The molecular weight excluding hydrogens is 773 g/mol. The second-order valence-electron chi connectivity index (χ2n) is 14.2. The minimum absolute atomic E-state index is 0.0904. The van der Waals surface area contributed by atoms with Gasteiger partial charge in [-0.25, -0.2) is 15.2 Å². The Morgan fingerprint density at radius 1 is 0.783 bits per heavy atom. The first kappa shape index (κ1) is 44.0. The molecule has 11 N–H and O–H groups in total. The number of non-ortho nitro benzene ring substituents is 1. The van der Waals surface area contributed by atoms with Crippen LogP contribution in [0.1, 0.15) is 43.0 Å². The molecule has 2 aromatic heterocycles. The van der Waals surface area contributed by atoms with E-state index < -0.39 is 58.8 Å². The summed E-state index contributed by atoms with van der Waals surface area (Å²) in [5.74, 6) is -2.12. The summed E-state index contributed by atoms with van der Waals surface area (Å²) in [7, 11) is 0. The monoisotopic (exact) mass is 822 g/mol. The van der Waals surface area contributed by atoms with Gasteiger partial charge in [0, 0.05) is 85.7 Å².